The van der Waals surface area contributed by atoms with Crippen molar-refractivity contribution in [3.63, 3.8) is 0 Å². The highest BCUT2D eigenvalue weighted by Crippen LogP contribution is 2.50. The molecule has 2 aromatic rings. The molecule has 4 rings (SSSR count). The van der Waals surface area contributed by atoms with Gasteiger partial charge in [-0.15, -0.1) is 11.3 Å². The van der Waals surface area contributed by atoms with Crippen molar-refractivity contribution in [2.45, 2.75) is 38.6 Å². The fraction of sp³-hybridized carbons (Fsp3) is 0.529. The molecule has 0 bridgehead atoms. The summed E-state index contributed by atoms with van der Waals surface area (Å²) in [6, 6.07) is 2.55. The van der Waals surface area contributed by atoms with Gasteiger partial charge in [-0.05, 0) is 43.6 Å². The normalized spacial score (nSPS) is 26.5. The summed E-state index contributed by atoms with van der Waals surface area (Å²) in [5, 5.41) is 2.17. The van der Waals surface area contributed by atoms with Gasteiger partial charge in [-0.25, -0.2) is 4.98 Å². The summed E-state index contributed by atoms with van der Waals surface area (Å²) in [6.07, 6.45) is 8.08. The number of carbonyl (C=O) groups is 1. The van der Waals surface area contributed by atoms with Crippen LogP contribution >= 0.6 is 11.3 Å². The lowest BCUT2D eigenvalue weighted by Gasteiger charge is -2.32. The van der Waals surface area contributed by atoms with E-state index in [4.69, 9.17) is 4.74 Å². The molecule has 0 N–H and O–H groups in total. The third-order valence-electron chi connectivity index (χ3n) is 4.99. The Labute approximate surface area is 134 Å². The van der Waals surface area contributed by atoms with Crippen LogP contribution in [-0.4, -0.2) is 22.1 Å². The molecule has 2 aliphatic rings. The molecule has 4 nitrogen and oxygen atoms in total. The molecule has 1 saturated carbocycles. The molecule has 0 spiro atoms. The SMILES string of the molecule is CCOC(=O)C1CCCC(C2c3sccc3-c3cncn32)C1. The predicted molar refractivity (Wildman–Crippen MR) is 85.8 cm³/mol. The number of esters is 1. The van der Waals surface area contributed by atoms with Gasteiger partial charge < -0.3 is 9.30 Å². The van der Waals surface area contributed by atoms with Gasteiger partial charge in [0.2, 0.25) is 0 Å². The minimum atomic E-state index is -0.0116. The number of nitrogens with zero attached hydrogens (tertiary/aromatic N) is 2. The van der Waals surface area contributed by atoms with Crippen LogP contribution in [0.15, 0.2) is 24.0 Å². The van der Waals surface area contributed by atoms with Gasteiger partial charge in [0, 0.05) is 10.4 Å². The van der Waals surface area contributed by atoms with Crippen molar-refractivity contribution < 1.29 is 9.53 Å². The third kappa shape index (κ3) is 2.10. The molecule has 22 heavy (non-hydrogen) atoms. The Hall–Kier alpha value is -1.62. The van der Waals surface area contributed by atoms with Gasteiger partial charge in [-0.2, -0.15) is 0 Å². The summed E-state index contributed by atoms with van der Waals surface area (Å²) in [6.45, 7) is 2.36. The Kier molecular flexibility index (Phi) is 3.53. The van der Waals surface area contributed by atoms with Crippen LogP contribution in [-0.2, 0) is 9.53 Å². The molecule has 3 atom stereocenters. The molecule has 3 heterocycles. The van der Waals surface area contributed by atoms with Crippen LogP contribution in [0.4, 0.5) is 0 Å². The first-order chi connectivity index (χ1) is 10.8. The Morgan fingerprint density at radius 2 is 2.41 bits per heavy atom. The van der Waals surface area contributed by atoms with E-state index in [0.717, 1.165) is 19.3 Å². The number of rotatable bonds is 3. The zero-order valence-electron chi connectivity index (χ0n) is 12.7. The van der Waals surface area contributed by atoms with Gasteiger partial charge in [-0.3, -0.25) is 4.79 Å². The molecular formula is C17H20N2O2S. The number of thiophene rings is 1. The highest BCUT2D eigenvalue weighted by Gasteiger charge is 2.39. The van der Waals surface area contributed by atoms with E-state index in [1.54, 1.807) is 0 Å². The van der Waals surface area contributed by atoms with E-state index in [9.17, 15) is 4.79 Å². The minimum Gasteiger partial charge on any atom is -0.466 e. The Morgan fingerprint density at radius 3 is 3.27 bits per heavy atom. The molecule has 5 heteroatoms. The highest BCUT2D eigenvalue weighted by atomic mass is 32.1. The standard InChI is InChI=1S/C17H20N2O2S/c1-2-21-17(20)12-5-3-4-11(8-12)15-16-13(6-7-22-16)14-9-18-10-19(14)15/h6-7,9-12,15H,2-5,8H2,1H3. The van der Waals surface area contributed by atoms with Crippen molar-refractivity contribution in [1.29, 1.82) is 0 Å². The van der Waals surface area contributed by atoms with Crippen molar-refractivity contribution in [2.24, 2.45) is 11.8 Å². The maximum absolute atomic E-state index is 12.1. The number of fused-ring (bicyclic) bond motifs is 3. The van der Waals surface area contributed by atoms with E-state index in [1.807, 2.05) is 30.8 Å². The zero-order valence-corrected chi connectivity index (χ0v) is 13.5. The van der Waals surface area contributed by atoms with Crippen LogP contribution in [0.1, 0.15) is 43.5 Å². The number of imidazole rings is 1. The number of hydrogen-bond donors (Lipinski definition) is 0. The fourth-order valence-electron chi connectivity index (χ4n) is 4.05. The summed E-state index contributed by atoms with van der Waals surface area (Å²) < 4.78 is 7.55. The molecular weight excluding hydrogens is 296 g/mol. The Balaban J connectivity index is 1.61. The second kappa shape index (κ2) is 5.54. The molecule has 0 saturated heterocycles. The fourth-order valence-corrected chi connectivity index (χ4v) is 5.15. The van der Waals surface area contributed by atoms with Crippen molar-refractivity contribution >= 4 is 17.3 Å². The van der Waals surface area contributed by atoms with E-state index >= 15 is 0 Å². The lowest BCUT2D eigenvalue weighted by molar-refractivity contribution is -0.149. The smallest absolute Gasteiger partial charge is 0.308 e. The predicted octanol–water partition coefficient (Wildman–Crippen LogP) is 3.88. The van der Waals surface area contributed by atoms with E-state index in [2.05, 4.69) is 21.0 Å². The van der Waals surface area contributed by atoms with Crippen molar-refractivity contribution in [2.75, 3.05) is 6.61 Å². The van der Waals surface area contributed by atoms with Gasteiger partial charge >= 0.3 is 5.97 Å². The Morgan fingerprint density at radius 1 is 1.50 bits per heavy atom. The van der Waals surface area contributed by atoms with E-state index in [0.29, 0.717) is 18.6 Å². The van der Waals surface area contributed by atoms with E-state index in [-0.39, 0.29) is 11.9 Å². The van der Waals surface area contributed by atoms with Crippen LogP contribution in [0.5, 0.6) is 0 Å². The second-order valence-corrected chi connectivity index (χ2v) is 7.15. The second-order valence-electron chi connectivity index (χ2n) is 6.21. The van der Waals surface area contributed by atoms with Crippen LogP contribution in [0.2, 0.25) is 0 Å². The maximum atomic E-state index is 12.1. The third-order valence-corrected chi connectivity index (χ3v) is 5.97. The van der Waals surface area contributed by atoms with Crippen LogP contribution in [0.25, 0.3) is 11.3 Å². The number of ether oxygens (including phenoxy) is 1. The summed E-state index contributed by atoms with van der Waals surface area (Å²) >= 11 is 1.83. The van der Waals surface area contributed by atoms with Crippen molar-refractivity contribution in [3.05, 3.63) is 28.8 Å². The van der Waals surface area contributed by atoms with Crippen LogP contribution < -0.4 is 0 Å². The zero-order chi connectivity index (χ0) is 15.1. The molecule has 116 valence electrons. The topological polar surface area (TPSA) is 44.1 Å². The summed E-state index contributed by atoms with van der Waals surface area (Å²) in [5.74, 6) is 0.549. The van der Waals surface area contributed by atoms with E-state index < -0.39 is 0 Å². The van der Waals surface area contributed by atoms with E-state index in [1.165, 1.54) is 22.6 Å². The lowest BCUT2D eigenvalue weighted by atomic mass is 9.77. The van der Waals surface area contributed by atoms with Gasteiger partial charge in [0.25, 0.3) is 0 Å². The summed E-state index contributed by atoms with van der Waals surface area (Å²) in [4.78, 5) is 17.9. The summed E-state index contributed by atoms with van der Waals surface area (Å²) in [5.41, 5.74) is 2.55. The van der Waals surface area contributed by atoms with Gasteiger partial charge in [0.1, 0.15) is 0 Å². The molecule has 3 unspecified atom stereocenters. The quantitative estimate of drug-likeness (QED) is 0.807. The average molecular weight is 316 g/mol. The monoisotopic (exact) mass is 316 g/mol. The number of carbonyl (C=O) groups excluding carboxylic acids is 1. The first-order valence-electron chi connectivity index (χ1n) is 8.05. The van der Waals surface area contributed by atoms with Gasteiger partial charge in [0.15, 0.2) is 0 Å². The van der Waals surface area contributed by atoms with Crippen LogP contribution in [0.3, 0.4) is 0 Å². The first-order valence-corrected chi connectivity index (χ1v) is 8.93. The number of aromatic nitrogens is 2. The minimum absolute atomic E-state index is 0.0116. The van der Waals surface area contributed by atoms with Gasteiger partial charge in [-0.1, -0.05) is 6.42 Å². The molecule has 1 fully saturated rings. The molecule has 1 aliphatic carbocycles. The average Bonchev–Trinajstić information content (AvgIpc) is 3.20. The molecule has 0 aromatic carbocycles. The summed E-state index contributed by atoms with van der Waals surface area (Å²) in [7, 11) is 0. The van der Waals surface area contributed by atoms with Crippen LogP contribution in [0, 0.1) is 11.8 Å². The molecule has 0 radical (unpaired) electrons. The first kappa shape index (κ1) is 14.0. The largest absolute Gasteiger partial charge is 0.466 e. The molecule has 0 amide bonds. The number of hydrogen-bond acceptors (Lipinski definition) is 4. The van der Waals surface area contributed by atoms with Gasteiger partial charge in [0.05, 0.1) is 36.8 Å². The van der Waals surface area contributed by atoms with Crippen molar-refractivity contribution in [3.8, 4) is 11.3 Å². The van der Waals surface area contributed by atoms with Crippen molar-refractivity contribution in [1.82, 2.24) is 9.55 Å². The Bertz CT molecular complexity index is 650. The molecule has 1 aliphatic heterocycles. The lowest BCUT2D eigenvalue weighted by Crippen LogP contribution is -2.29. The molecule has 2 aromatic heterocycles. The maximum Gasteiger partial charge on any atom is 0.308 e. The highest BCUT2D eigenvalue weighted by molar-refractivity contribution is 7.10.